The van der Waals surface area contributed by atoms with E-state index in [4.69, 9.17) is 27.0 Å². The van der Waals surface area contributed by atoms with E-state index >= 15 is 0 Å². The fourth-order valence-corrected chi connectivity index (χ4v) is 4.43. The molecule has 2 aromatic rings. The maximum atomic E-state index is 13.5. The molecule has 11 heteroatoms. The van der Waals surface area contributed by atoms with Gasteiger partial charge in [-0.1, -0.05) is 0 Å². The molecule has 1 fully saturated rings. The van der Waals surface area contributed by atoms with Crippen molar-refractivity contribution in [3.63, 3.8) is 0 Å². The number of alkyl halides is 3. The molecule has 178 valence electrons. The molecule has 0 aliphatic carbocycles. The van der Waals surface area contributed by atoms with Crippen LogP contribution in [-0.4, -0.2) is 40.5 Å². The third-order valence-corrected chi connectivity index (χ3v) is 6.13. The first kappa shape index (κ1) is 23.8. The number of rotatable bonds is 3. The zero-order chi connectivity index (χ0) is 25.0. The number of nitriles is 1. The maximum absolute atomic E-state index is 13.5. The van der Waals surface area contributed by atoms with Crippen molar-refractivity contribution >= 4 is 34.6 Å². The summed E-state index contributed by atoms with van der Waals surface area (Å²) in [6.07, 6.45) is -6.04. The van der Waals surface area contributed by atoms with Gasteiger partial charge in [-0.2, -0.15) is 18.4 Å². The van der Waals surface area contributed by atoms with Crippen LogP contribution in [0.25, 0.3) is 0 Å². The highest BCUT2D eigenvalue weighted by Gasteiger charge is 2.51. The monoisotopic (exact) mass is 491 g/mol. The predicted molar refractivity (Wildman–Crippen MR) is 121 cm³/mol. The van der Waals surface area contributed by atoms with Crippen molar-refractivity contribution in [2.75, 3.05) is 16.4 Å². The first-order valence-electron chi connectivity index (χ1n) is 10.3. The van der Waals surface area contributed by atoms with Gasteiger partial charge in [0.1, 0.15) is 12.1 Å². The van der Waals surface area contributed by atoms with Crippen molar-refractivity contribution in [3.8, 4) is 17.6 Å². The molecule has 2 aliphatic rings. The lowest BCUT2D eigenvalue weighted by molar-refractivity contribution is -0.137. The molecule has 1 amide bonds. The van der Waals surface area contributed by atoms with Gasteiger partial charge >= 0.3 is 6.18 Å². The van der Waals surface area contributed by atoms with Crippen LogP contribution in [-0.2, 0) is 11.0 Å². The number of hydrogen-bond donors (Lipinski definition) is 1. The van der Waals surface area contributed by atoms with Gasteiger partial charge in [-0.15, -0.1) is 0 Å². The van der Waals surface area contributed by atoms with Crippen LogP contribution in [0.1, 0.15) is 31.9 Å². The molecule has 7 nitrogen and oxygen atoms in total. The number of amides is 1. The number of fused-ring (bicyclic) bond motifs is 1. The number of carbonyl (C=O) groups is 1. The molecule has 2 heterocycles. The number of halogens is 3. The first-order valence-corrected chi connectivity index (χ1v) is 10.7. The highest BCUT2D eigenvalue weighted by molar-refractivity contribution is 7.81. The van der Waals surface area contributed by atoms with Gasteiger partial charge in [0.05, 0.1) is 29.0 Å². The number of nitrogens with zero attached hydrogens (tertiary/aromatic N) is 3. The van der Waals surface area contributed by atoms with Crippen LogP contribution in [0.2, 0.25) is 0 Å². The van der Waals surface area contributed by atoms with E-state index in [0.717, 1.165) is 17.0 Å². The standard InChI is InChI=1S/C23H20F3N3O4S/c1-12(30)19-11-32-18-9-15(6-7-17(18)33-19)29-21(34)28(20(31)22(29,2)3)14-5-4-13(10-27)16(8-14)23(24,25)26/h4-9,12,19,30H,11H2,1-3H3/t12-,19-/m1/s1. The molecule has 0 unspecified atom stereocenters. The minimum atomic E-state index is -4.78. The number of thiocarbonyl (C=S) groups is 1. The van der Waals surface area contributed by atoms with Crippen LogP contribution in [0.4, 0.5) is 24.5 Å². The molecule has 34 heavy (non-hydrogen) atoms. The van der Waals surface area contributed by atoms with E-state index in [1.54, 1.807) is 39.0 Å². The second kappa shape index (κ2) is 8.14. The average Bonchev–Trinajstić information content (AvgIpc) is 2.95. The van der Waals surface area contributed by atoms with Crippen LogP contribution in [0, 0.1) is 11.3 Å². The molecule has 2 atom stereocenters. The van der Waals surface area contributed by atoms with Crippen molar-refractivity contribution < 1.29 is 32.5 Å². The zero-order valence-corrected chi connectivity index (χ0v) is 19.2. The van der Waals surface area contributed by atoms with Gasteiger partial charge in [-0.25, -0.2) is 0 Å². The Balaban J connectivity index is 1.73. The molecule has 1 saturated heterocycles. The summed E-state index contributed by atoms with van der Waals surface area (Å²) in [7, 11) is 0. The fourth-order valence-electron chi connectivity index (χ4n) is 3.91. The second-order valence-corrected chi connectivity index (χ2v) is 8.86. The number of aliphatic hydroxyl groups excluding tert-OH is 1. The quantitative estimate of drug-likeness (QED) is 0.650. The van der Waals surface area contributed by atoms with Crippen molar-refractivity contribution in [1.82, 2.24) is 0 Å². The number of ether oxygens (including phenoxy) is 2. The molecule has 2 aromatic carbocycles. The SMILES string of the molecule is C[C@@H](O)[C@H]1COc2cc(N3C(=S)N(c4ccc(C#N)c(C(F)(F)F)c4)C(=O)C3(C)C)ccc2O1. The lowest BCUT2D eigenvalue weighted by atomic mass is 10.0. The van der Waals surface area contributed by atoms with E-state index in [0.29, 0.717) is 17.2 Å². The van der Waals surface area contributed by atoms with Gasteiger partial charge in [-0.3, -0.25) is 9.69 Å². The normalized spacial score (nSPS) is 20.4. The molecule has 4 rings (SSSR count). The Morgan fingerprint density at radius 2 is 1.88 bits per heavy atom. The number of aliphatic hydroxyl groups is 1. The second-order valence-electron chi connectivity index (χ2n) is 8.50. The Morgan fingerprint density at radius 1 is 1.21 bits per heavy atom. The van der Waals surface area contributed by atoms with Crippen LogP contribution in [0.5, 0.6) is 11.5 Å². The van der Waals surface area contributed by atoms with Crippen LogP contribution in [0.3, 0.4) is 0 Å². The van der Waals surface area contributed by atoms with Gasteiger partial charge in [-0.05, 0) is 63.3 Å². The van der Waals surface area contributed by atoms with Crippen LogP contribution < -0.4 is 19.3 Å². The van der Waals surface area contributed by atoms with Gasteiger partial charge in [0.2, 0.25) is 0 Å². The van der Waals surface area contributed by atoms with E-state index in [1.807, 2.05) is 0 Å². The van der Waals surface area contributed by atoms with Crippen molar-refractivity contribution in [2.24, 2.45) is 0 Å². The minimum Gasteiger partial charge on any atom is -0.486 e. The highest BCUT2D eigenvalue weighted by atomic mass is 32.1. The highest BCUT2D eigenvalue weighted by Crippen LogP contribution is 2.42. The molecule has 0 bridgehead atoms. The summed E-state index contributed by atoms with van der Waals surface area (Å²) in [5, 5.41) is 18.8. The third-order valence-electron chi connectivity index (χ3n) is 5.76. The summed E-state index contributed by atoms with van der Waals surface area (Å²) in [5.74, 6) is 0.268. The molecule has 1 N–H and O–H groups in total. The van der Waals surface area contributed by atoms with Gasteiger partial charge in [0.25, 0.3) is 5.91 Å². The van der Waals surface area contributed by atoms with Crippen LogP contribution >= 0.6 is 12.2 Å². The average molecular weight is 491 g/mol. The van der Waals surface area contributed by atoms with Gasteiger partial charge < -0.3 is 19.5 Å². The molecule has 0 saturated carbocycles. The Hall–Kier alpha value is -3.36. The number of anilines is 2. The summed E-state index contributed by atoms with van der Waals surface area (Å²) >= 11 is 5.54. The van der Waals surface area contributed by atoms with E-state index in [1.165, 1.54) is 17.0 Å². The Bertz CT molecular complexity index is 1220. The van der Waals surface area contributed by atoms with Crippen molar-refractivity contribution in [3.05, 3.63) is 47.5 Å². The number of carbonyl (C=O) groups excluding carboxylic acids is 1. The molecule has 2 aliphatic heterocycles. The fraction of sp³-hybridized carbons (Fsp3) is 0.348. The van der Waals surface area contributed by atoms with Crippen molar-refractivity contribution in [1.29, 1.82) is 5.26 Å². The smallest absolute Gasteiger partial charge is 0.417 e. The Kier molecular flexibility index (Phi) is 5.70. The van der Waals surface area contributed by atoms with E-state index in [2.05, 4.69) is 0 Å². The molecule has 0 aromatic heterocycles. The minimum absolute atomic E-state index is 0.0219. The topological polar surface area (TPSA) is 86.0 Å². The lowest BCUT2D eigenvalue weighted by Crippen LogP contribution is -2.44. The third kappa shape index (κ3) is 3.82. The van der Waals surface area contributed by atoms with Crippen molar-refractivity contribution in [2.45, 2.75) is 44.7 Å². The Labute approximate surface area is 198 Å². The lowest BCUT2D eigenvalue weighted by Gasteiger charge is -2.32. The van der Waals surface area contributed by atoms with E-state index in [9.17, 15) is 23.1 Å². The summed E-state index contributed by atoms with van der Waals surface area (Å²) in [6, 6.07) is 9.45. The van der Waals surface area contributed by atoms with E-state index < -0.39 is 41.0 Å². The summed E-state index contributed by atoms with van der Waals surface area (Å²) in [4.78, 5) is 15.9. The number of hydrogen-bond acceptors (Lipinski definition) is 6. The summed E-state index contributed by atoms with van der Waals surface area (Å²) < 4.78 is 51.9. The molecule has 0 radical (unpaired) electrons. The van der Waals surface area contributed by atoms with Gasteiger partial charge in [0.15, 0.2) is 22.7 Å². The molecule has 0 spiro atoms. The number of benzene rings is 2. The van der Waals surface area contributed by atoms with Gasteiger partial charge in [0, 0.05) is 11.8 Å². The largest absolute Gasteiger partial charge is 0.486 e. The predicted octanol–water partition coefficient (Wildman–Crippen LogP) is 4.01. The van der Waals surface area contributed by atoms with E-state index in [-0.39, 0.29) is 17.4 Å². The molecular weight excluding hydrogens is 471 g/mol. The zero-order valence-electron chi connectivity index (χ0n) is 18.4. The first-order chi connectivity index (χ1) is 15.9. The maximum Gasteiger partial charge on any atom is 0.417 e. The molecular formula is C23H20F3N3O4S. The summed E-state index contributed by atoms with van der Waals surface area (Å²) in [6.45, 7) is 4.93. The van der Waals surface area contributed by atoms with Crippen LogP contribution in [0.15, 0.2) is 36.4 Å². The Morgan fingerprint density at radius 3 is 2.50 bits per heavy atom. The summed E-state index contributed by atoms with van der Waals surface area (Å²) in [5.41, 5.74) is -2.53.